The molecule has 5 heteroatoms. The lowest BCUT2D eigenvalue weighted by Gasteiger charge is -2.16. The highest BCUT2D eigenvalue weighted by Crippen LogP contribution is 2.13. The van der Waals surface area contributed by atoms with Gasteiger partial charge in [0.25, 0.3) is 5.56 Å². The zero-order valence-electron chi connectivity index (χ0n) is 10.3. The molecule has 1 aliphatic rings. The Bertz CT molecular complexity index is 450. The van der Waals surface area contributed by atoms with Crippen molar-refractivity contribution < 1.29 is 14.3 Å². The Labute approximate surface area is 99.8 Å². The molecular weight excluding hydrogens is 222 g/mol. The Morgan fingerprint density at radius 1 is 1.47 bits per heavy atom. The standard InChI is InChI=1S/C10H11NO4.C2H6/c1-14-10(13)7-4-6-5-15-3-2-8(6)11-9(7)12;1-2/h4H,2-3,5H2,1H3,(H,11,12);1-2H3. The minimum absolute atomic E-state index is 0.0294. The van der Waals surface area contributed by atoms with Crippen LogP contribution in [-0.4, -0.2) is 24.7 Å². The SMILES string of the molecule is CC.COC(=O)c1cc2c([nH]c1=O)CCOC2. The molecular formula is C12H17NO4. The quantitative estimate of drug-likeness (QED) is 0.749. The van der Waals surface area contributed by atoms with Gasteiger partial charge in [0, 0.05) is 12.1 Å². The minimum atomic E-state index is -0.621. The van der Waals surface area contributed by atoms with Crippen LogP contribution >= 0.6 is 0 Å². The molecule has 5 nitrogen and oxygen atoms in total. The van der Waals surface area contributed by atoms with Crippen molar-refractivity contribution in [2.45, 2.75) is 26.9 Å². The molecule has 0 atom stereocenters. The molecule has 0 bridgehead atoms. The van der Waals surface area contributed by atoms with Crippen LogP contribution in [0.2, 0.25) is 0 Å². The van der Waals surface area contributed by atoms with Crippen LogP contribution in [-0.2, 0) is 22.5 Å². The molecule has 94 valence electrons. The van der Waals surface area contributed by atoms with Crippen LogP contribution in [0.4, 0.5) is 0 Å². The summed E-state index contributed by atoms with van der Waals surface area (Å²) in [5.74, 6) is -0.621. The predicted molar refractivity (Wildman–Crippen MR) is 63.1 cm³/mol. The van der Waals surface area contributed by atoms with Crippen LogP contribution < -0.4 is 5.56 Å². The maximum absolute atomic E-state index is 11.5. The molecule has 0 fully saturated rings. The second-order valence-corrected chi connectivity index (χ2v) is 3.31. The second-order valence-electron chi connectivity index (χ2n) is 3.31. The molecule has 1 N–H and O–H groups in total. The first-order valence-corrected chi connectivity index (χ1v) is 5.63. The number of methoxy groups -OCH3 is 1. The summed E-state index contributed by atoms with van der Waals surface area (Å²) in [7, 11) is 1.25. The first-order valence-electron chi connectivity index (χ1n) is 5.63. The van der Waals surface area contributed by atoms with E-state index in [1.54, 1.807) is 6.07 Å². The molecule has 0 amide bonds. The molecule has 0 saturated heterocycles. The number of nitrogens with one attached hydrogen (secondary N) is 1. The van der Waals surface area contributed by atoms with E-state index in [-0.39, 0.29) is 5.56 Å². The highest BCUT2D eigenvalue weighted by molar-refractivity contribution is 5.89. The number of pyridine rings is 1. The third-order valence-electron chi connectivity index (χ3n) is 2.37. The smallest absolute Gasteiger partial charge is 0.343 e. The molecule has 0 spiro atoms. The highest BCUT2D eigenvalue weighted by Gasteiger charge is 2.17. The Morgan fingerprint density at radius 3 is 2.82 bits per heavy atom. The number of carbonyl (C=O) groups excluding carboxylic acids is 1. The van der Waals surface area contributed by atoms with Crippen molar-refractivity contribution in [2.24, 2.45) is 0 Å². The number of ether oxygens (including phenoxy) is 2. The highest BCUT2D eigenvalue weighted by atomic mass is 16.5. The van der Waals surface area contributed by atoms with Crippen LogP contribution in [0.1, 0.15) is 35.5 Å². The summed E-state index contributed by atoms with van der Waals surface area (Å²) in [4.78, 5) is 25.4. The minimum Gasteiger partial charge on any atom is -0.465 e. The topological polar surface area (TPSA) is 68.4 Å². The average molecular weight is 239 g/mol. The summed E-state index contributed by atoms with van der Waals surface area (Å²) in [6.45, 7) is 5.02. The van der Waals surface area contributed by atoms with E-state index in [0.717, 1.165) is 11.3 Å². The zero-order chi connectivity index (χ0) is 12.8. The number of esters is 1. The molecule has 1 aromatic heterocycles. The molecule has 0 aliphatic carbocycles. The van der Waals surface area contributed by atoms with Gasteiger partial charge >= 0.3 is 5.97 Å². The van der Waals surface area contributed by atoms with Gasteiger partial charge in [-0.05, 0) is 11.6 Å². The average Bonchev–Trinajstić information content (AvgIpc) is 2.39. The molecule has 2 rings (SSSR count). The van der Waals surface area contributed by atoms with E-state index < -0.39 is 11.5 Å². The third kappa shape index (κ3) is 2.94. The Balaban J connectivity index is 0.000000686. The molecule has 1 aromatic rings. The summed E-state index contributed by atoms with van der Waals surface area (Å²) in [5, 5.41) is 0. The number of H-pyrrole nitrogens is 1. The van der Waals surface area contributed by atoms with Gasteiger partial charge in [0.2, 0.25) is 0 Å². The molecule has 0 unspecified atom stereocenters. The largest absolute Gasteiger partial charge is 0.465 e. The van der Waals surface area contributed by atoms with E-state index in [2.05, 4.69) is 9.72 Å². The monoisotopic (exact) mass is 239 g/mol. The Morgan fingerprint density at radius 2 is 2.18 bits per heavy atom. The zero-order valence-corrected chi connectivity index (χ0v) is 10.3. The number of aromatic nitrogens is 1. The molecule has 0 radical (unpaired) electrons. The lowest BCUT2D eigenvalue weighted by molar-refractivity contribution is 0.0597. The lowest BCUT2D eigenvalue weighted by atomic mass is 10.1. The fraction of sp³-hybridized carbons (Fsp3) is 0.500. The van der Waals surface area contributed by atoms with E-state index in [9.17, 15) is 9.59 Å². The summed E-state index contributed by atoms with van der Waals surface area (Å²) < 4.78 is 9.74. The van der Waals surface area contributed by atoms with Gasteiger partial charge in [-0.1, -0.05) is 13.8 Å². The van der Waals surface area contributed by atoms with Gasteiger partial charge in [-0.2, -0.15) is 0 Å². The number of hydrogen-bond acceptors (Lipinski definition) is 4. The number of rotatable bonds is 1. The van der Waals surface area contributed by atoms with E-state index in [4.69, 9.17) is 4.74 Å². The second kappa shape index (κ2) is 6.20. The number of fused-ring (bicyclic) bond motifs is 1. The van der Waals surface area contributed by atoms with Crippen LogP contribution in [0.5, 0.6) is 0 Å². The van der Waals surface area contributed by atoms with Gasteiger partial charge in [-0.3, -0.25) is 4.79 Å². The normalized spacial score (nSPS) is 13.1. The van der Waals surface area contributed by atoms with Gasteiger partial charge in [0.15, 0.2) is 0 Å². The van der Waals surface area contributed by atoms with Crippen molar-refractivity contribution >= 4 is 5.97 Å². The molecule has 0 saturated carbocycles. The van der Waals surface area contributed by atoms with E-state index in [0.29, 0.717) is 19.6 Å². The lowest BCUT2D eigenvalue weighted by Crippen LogP contribution is -2.24. The van der Waals surface area contributed by atoms with Gasteiger partial charge in [0.05, 0.1) is 20.3 Å². The maximum Gasteiger partial charge on any atom is 0.343 e. The summed E-state index contributed by atoms with van der Waals surface area (Å²) in [6, 6.07) is 1.54. The fourth-order valence-corrected chi connectivity index (χ4v) is 1.58. The first kappa shape index (κ1) is 13.4. The number of carbonyl (C=O) groups is 1. The third-order valence-corrected chi connectivity index (χ3v) is 2.37. The van der Waals surface area contributed by atoms with Gasteiger partial charge in [-0.15, -0.1) is 0 Å². The summed E-state index contributed by atoms with van der Waals surface area (Å²) in [5.41, 5.74) is 1.32. The van der Waals surface area contributed by atoms with E-state index in [1.165, 1.54) is 7.11 Å². The summed E-state index contributed by atoms with van der Waals surface area (Å²) >= 11 is 0. The van der Waals surface area contributed by atoms with Crippen molar-refractivity contribution in [3.05, 3.63) is 33.2 Å². The Kier molecular flexibility index (Phi) is 4.90. The van der Waals surface area contributed by atoms with Crippen molar-refractivity contribution in [3.8, 4) is 0 Å². The number of hydrogen-bond donors (Lipinski definition) is 1. The fourth-order valence-electron chi connectivity index (χ4n) is 1.58. The Hall–Kier alpha value is -1.62. The van der Waals surface area contributed by atoms with E-state index in [1.807, 2.05) is 13.8 Å². The molecule has 17 heavy (non-hydrogen) atoms. The van der Waals surface area contributed by atoms with Crippen LogP contribution in [0.3, 0.4) is 0 Å². The van der Waals surface area contributed by atoms with Gasteiger partial charge < -0.3 is 14.5 Å². The molecule has 2 heterocycles. The predicted octanol–water partition coefficient (Wildman–Crippen LogP) is 1.26. The van der Waals surface area contributed by atoms with Crippen molar-refractivity contribution in [1.82, 2.24) is 4.98 Å². The maximum atomic E-state index is 11.5. The van der Waals surface area contributed by atoms with Crippen LogP contribution in [0, 0.1) is 0 Å². The van der Waals surface area contributed by atoms with Gasteiger partial charge in [-0.25, -0.2) is 4.79 Å². The van der Waals surface area contributed by atoms with Crippen molar-refractivity contribution in [3.63, 3.8) is 0 Å². The van der Waals surface area contributed by atoms with E-state index >= 15 is 0 Å². The summed E-state index contributed by atoms with van der Waals surface area (Å²) in [6.07, 6.45) is 0.673. The van der Waals surface area contributed by atoms with Crippen LogP contribution in [0.25, 0.3) is 0 Å². The molecule has 0 aromatic carbocycles. The van der Waals surface area contributed by atoms with Crippen molar-refractivity contribution in [2.75, 3.05) is 13.7 Å². The van der Waals surface area contributed by atoms with Gasteiger partial charge in [0.1, 0.15) is 5.56 Å². The van der Waals surface area contributed by atoms with Crippen molar-refractivity contribution in [1.29, 1.82) is 0 Å². The first-order chi connectivity index (χ1) is 8.22. The molecule has 1 aliphatic heterocycles. The van der Waals surface area contributed by atoms with Crippen LogP contribution in [0.15, 0.2) is 10.9 Å². The number of aromatic amines is 1.